The van der Waals surface area contributed by atoms with Crippen molar-refractivity contribution in [1.82, 2.24) is 5.32 Å². The normalized spacial score (nSPS) is 17.6. The molecule has 1 amide bonds. The summed E-state index contributed by atoms with van der Waals surface area (Å²) in [4.78, 5) is 16.9. The molecule has 108 valence electrons. The first-order chi connectivity index (χ1) is 9.61. The third-order valence-corrected chi connectivity index (χ3v) is 3.56. The highest BCUT2D eigenvalue weighted by Gasteiger charge is 2.28. The first-order valence-electron chi connectivity index (χ1n) is 6.06. The van der Waals surface area contributed by atoms with E-state index in [1.807, 2.05) is 0 Å². The Labute approximate surface area is 126 Å². The Hall–Kier alpha value is -1.30. The second-order valence-electron chi connectivity index (χ2n) is 4.25. The number of carbonyl (C=O) groups excluding carboxylic acids is 1. The molecule has 1 aliphatic rings. The molecule has 0 bridgehead atoms. The number of hydrogen-bond donors (Lipinski definition) is 1. The van der Waals surface area contributed by atoms with Gasteiger partial charge in [0.25, 0.3) is 5.91 Å². The van der Waals surface area contributed by atoms with Crippen LogP contribution in [0.1, 0.15) is 12.0 Å². The number of amides is 1. The summed E-state index contributed by atoms with van der Waals surface area (Å²) in [6, 6.07) is 5.19. The molecular formula is C13H14Cl2N2O3. The van der Waals surface area contributed by atoms with Gasteiger partial charge in [0.2, 0.25) is 6.10 Å². The molecular weight excluding hydrogens is 303 g/mol. The third-order valence-electron chi connectivity index (χ3n) is 2.82. The van der Waals surface area contributed by atoms with E-state index in [2.05, 4.69) is 10.5 Å². The number of nitrogens with one attached hydrogen (secondary N) is 1. The zero-order valence-corrected chi connectivity index (χ0v) is 12.4. The molecule has 0 fully saturated rings. The van der Waals surface area contributed by atoms with Gasteiger partial charge in [-0.15, -0.1) is 0 Å². The van der Waals surface area contributed by atoms with Crippen LogP contribution in [0.15, 0.2) is 23.4 Å². The Morgan fingerprint density at radius 3 is 3.00 bits per heavy atom. The van der Waals surface area contributed by atoms with E-state index in [0.29, 0.717) is 35.3 Å². The molecule has 1 N–H and O–H groups in total. The molecule has 1 unspecified atom stereocenters. The van der Waals surface area contributed by atoms with Crippen LogP contribution >= 0.6 is 23.2 Å². The van der Waals surface area contributed by atoms with Crippen molar-refractivity contribution in [3.8, 4) is 0 Å². The van der Waals surface area contributed by atoms with Crippen molar-refractivity contribution in [1.29, 1.82) is 0 Å². The molecule has 1 aliphatic heterocycles. The maximum absolute atomic E-state index is 11.8. The van der Waals surface area contributed by atoms with Crippen molar-refractivity contribution < 1.29 is 14.4 Å². The fourth-order valence-electron chi connectivity index (χ4n) is 1.75. The fraction of sp³-hybridized carbons (Fsp3) is 0.385. The Balaban J connectivity index is 1.94. The number of rotatable bonds is 5. The molecule has 5 nitrogen and oxygen atoms in total. The van der Waals surface area contributed by atoms with Gasteiger partial charge >= 0.3 is 0 Å². The Bertz CT molecular complexity index is 534. The van der Waals surface area contributed by atoms with Crippen LogP contribution in [0.2, 0.25) is 10.0 Å². The van der Waals surface area contributed by atoms with Gasteiger partial charge in [-0.3, -0.25) is 4.79 Å². The van der Waals surface area contributed by atoms with Crippen LogP contribution in [0, 0.1) is 0 Å². The molecule has 1 aromatic rings. The van der Waals surface area contributed by atoms with Crippen LogP contribution in [0.4, 0.5) is 0 Å². The third kappa shape index (κ3) is 3.62. The lowest BCUT2D eigenvalue weighted by Gasteiger charge is -2.08. The zero-order valence-electron chi connectivity index (χ0n) is 10.9. The lowest BCUT2D eigenvalue weighted by Crippen LogP contribution is -2.36. The molecule has 1 atom stereocenters. The number of methoxy groups -OCH3 is 1. The van der Waals surface area contributed by atoms with E-state index in [9.17, 15) is 4.79 Å². The SMILES string of the molecule is COCCNC(=O)C1CC(c2ccc(Cl)c(Cl)c2)=NO1. The minimum absolute atomic E-state index is 0.208. The Morgan fingerprint density at radius 2 is 2.30 bits per heavy atom. The summed E-state index contributed by atoms with van der Waals surface area (Å²) in [5, 5.41) is 7.56. The molecule has 2 rings (SSSR count). The van der Waals surface area contributed by atoms with Gasteiger partial charge in [-0.25, -0.2) is 0 Å². The van der Waals surface area contributed by atoms with Crippen LogP contribution in [-0.4, -0.2) is 38.0 Å². The van der Waals surface area contributed by atoms with Gasteiger partial charge in [0.15, 0.2) is 0 Å². The highest BCUT2D eigenvalue weighted by Crippen LogP contribution is 2.25. The standard InChI is InChI=1S/C13H14Cl2N2O3/c1-19-5-4-16-13(18)12-7-11(17-20-12)8-2-3-9(14)10(15)6-8/h2-3,6,12H,4-5,7H2,1H3,(H,16,18). The first kappa shape index (κ1) is 15.1. The summed E-state index contributed by atoms with van der Waals surface area (Å²) >= 11 is 11.8. The van der Waals surface area contributed by atoms with E-state index in [1.165, 1.54) is 0 Å². The highest BCUT2D eigenvalue weighted by atomic mass is 35.5. The maximum Gasteiger partial charge on any atom is 0.264 e. The number of oxime groups is 1. The van der Waals surface area contributed by atoms with E-state index in [0.717, 1.165) is 5.56 Å². The van der Waals surface area contributed by atoms with Gasteiger partial charge in [-0.05, 0) is 12.1 Å². The van der Waals surface area contributed by atoms with Gasteiger partial charge in [0.05, 0.1) is 22.4 Å². The summed E-state index contributed by atoms with van der Waals surface area (Å²) in [5.41, 5.74) is 1.47. The van der Waals surface area contributed by atoms with Gasteiger partial charge in [0, 0.05) is 25.6 Å². The summed E-state index contributed by atoms with van der Waals surface area (Å²) in [7, 11) is 1.57. The van der Waals surface area contributed by atoms with Crippen molar-refractivity contribution in [3.05, 3.63) is 33.8 Å². The number of hydrogen-bond acceptors (Lipinski definition) is 4. The summed E-state index contributed by atoms with van der Waals surface area (Å²) in [6.45, 7) is 0.899. The van der Waals surface area contributed by atoms with E-state index in [4.69, 9.17) is 32.8 Å². The van der Waals surface area contributed by atoms with E-state index in [1.54, 1.807) is 25.3 Å². The van der Waals surface area contributed by atoms with Crippen LogP contribution in [0.3, 0.4) is 0 Å². The van der Waals surface area contributed by atoms with E-state index < -0.39 is 6.10 Å². The Kier molecular flexibility index (Phi) is 5.23. The minimum atomic E-state index is -0.615. The molecule has 0 aliphatic carbocycles. The molecule has 0 aromatic heterocycles. The molecule has 1 heterocycles. The second-order valence-corrected chi connectivity index (χ2v) is 5.06. The number of benzene rings is 1. The van der Waals surface area contributed by atoms with Crippen molar-refractivity contribution in [2.45, 2.75) is 12.5 Å². The van der Waals surface area contributed by atoms with Gasteiger partial charge in [0.1, 0.15) is 0 Å². The topological polar surface area (TPSA) is 59.9 Å². The molecule has 0 saturated carbocycles. The molecule has 20 heavy (non-hydrogen) atoms. The van der Waals surface area contributed by atoms with Crippen molar-refractivity contribution >= 4 is 34.8 Å². The Morgan fingerprint density at radius 1 is 1.50 bits per heavy atom. The van der Waals surface area contributed by atoms with E-state index in [-0.39, 0.29) is 5.91 Å². The zero-order chi connectivity index (χ0) is 14.5. The second kappa shape index (κ2) is 6.92. The largest absolute Gasteiger partial charge is 0.383 e. The first-order valence-corrected chi connectivity index (χ1v) is 6.82. The van der Waals surface area contributed by atoms with Crippen molar-refractivity contribution in [2.24, 2.45) is 5.16 Å². The smallest absolute Gasteiger partial charge is 0.264 e. The van der Waals surface area contributed by atoms with Crippen molar-refractivity contribution in [3.63, 3.8) is 0 Å². The molecule has 0 radical (unpaired) electrons. The highest BCUT2D eigenvalue weighted by molar-refractivity contribution is 6.42. The number of nitrogens with zero attached hydrogens (tertiary/aromatic N) is 1. The summed E-state index contributed by atoms with van der Waals surface area (Å²) < 4.78 is 4.86. The van der Waals surface area contributed by atoms with E-state index >= 15 is 0 Å². The van der Waals surface area contributed by atoms with Gasteiger partial charge in [-0.2, -0.15) is 0 Å². The average molecular weight is 317 g/mol. The van der Waals surface area contributed by atoms with Gasteiger partial charge in [-0.1, -0.05) is 34.4 Å². The molecule has 1 aromatic carbocycles. The number of halogens is 2. The predicted octanol–water partition coefficient (Wildman–Crippen LogP) is 2.25. The van der Waals surface area contributed by atoms with Crippen LogP contribution in [-0.2, 0) is 14.4 Å². The number of ether oxygens (including phenoxy) is 1. The molecule has 0 saturated heterocycles. The quantitative estimate of drug-likeness (QED) is 0.848. The molecule has 0 spiro atoms. The fourth-order valence-corrected chi connectivity index (χ4v) is 2.05. The number of carbonyl (C=O) groups is 1. The summed E-state index contributed by atoms with van der Waals surface area (Å²) in [5.74, 6) is -0.208. The lowest BCUT2D eigenvalue weighted by molar-refractivity contribution is -0.131. The maximum atomic E-state index is 11.8. The van der Waals surface area contributed by atoms with Crippen molar-refractivity contribution in [2.75, 3.05) is 20.3 Å². The summed E-state index contributed by atoms with van der Waals surface area (Å²) in [6.07, 6.45) is -0.215. The average Bonchev–Trinajstić information content (AvgIpc) is 2.92. The monoisotopic (exact) mass is 316 g/mol. The minimum Gasteiger partial charge on any atom is -0.383 e. The van der Waals surface area contributed by atoms with Gasteiger partial charge < -0.3 is 14.9 Å². The van der Waals surface area contributed by atoms with Crippen LogP contribution in [0.5, 0.6) is 0 Å². The van der Waals surface area contributed by atoms with Crippen LogP contribution in [0.25, 0.3) is 0 Å². The van der Waals surface area contributed by atoms with Crippen LogP contribution < -0.4 is 5.32 Å². The predicted molar refractivity (Wildman–Crippen MR) is 77.4 cm³/mol. The molecule has 7 heteroatoms. The lowest BCUT2D eigenvalue weighted by atomic mass is 10.0.